The van der Waals surface area contributed by atoms with E-state index in [1.54, 1.807) is 0 Å². The monoisotopic (exact) mass is 621 g/mol. The van der Waals surface area contributed by atoms with Crippen LogP contribution in [0.15, 0.2) is 78.7 Å². The van der Waals surface area contributed by atoms with Crippen molar-refractivity contribution in [3.8, 4) is 21.7 Å². The molecule has 167 valence electrons. The normalized spacial score (nSPS) is 11.0. The standard InChI is InChI=1S/C22H18NS.C5H8O2.Ir/c1-15(2)16-8-10-18(11-9-16)21-12-19-14-23-20(13-22(19)24-21)17-6-4-3-5-7-17;1-4(6)3-5(2)7;/h3-6,8-15H,1-2H3;3,6H,1-2H3;/q-1;;/b;4-3-;. The van der Waals surface area contributed by atoms with E-state index in [0.29, 0.717) is 5.92 Å². The number of aromatic nitrogens is 1. The van der Waals surface area contributed by atoms with E-state index in [1.807, 2.05) is 41.8 Å². The number of fused-ring (bicyclic) bond motifs is 1. The van der Waals surface area contributed by atoms with E-state index in [2.05, 4.69) is 61.3 Å². The third kappa shape index (κ3) is 6.96. The first-order chi connectivity index (χ1) is 14.8. The Kier molecular flexibility index (Phi) is 9.52. The second-order valence-electron chi connectivity index (χ2n) is 7.67. The zero-order valence-corrected chi connectivity index (χ0v) is 21.8. The molecule has 0 aliphatic heterocycles. The SMILES string of the molecule is CC(=O)/C=C(/C)O.CC(C)c1ccc(-c2cc3cnc(-c4[c-]cccc4)cc3s2)cc1.[Ir]. The first-order valence-corrected chi connectivity index (χ1v) is 11.0. The summed E-state index contributed by atoms with van der Waals surface area (Å²) in [6.07, 6.45) is 3.13. The predicted molar refractivity (Wildman–Crippen MR) is 130 cm³/mol. The van der Waals surface area contributed by atoms with Gasteiger partial charge < -0.3 is 10.1 Å². The average molecular weight is 621 g/mol. The first kappa shape index (κ1) is 25.7. The maximum absolute atomic E-state index is 10.0. The number of thiophene rings is 1. The molecule has 0 fully saturated rings. The van der Waals surface area contributed by atoms with Gasteiger partial charge in [-0.05, 0) is 42.7 Å². The Labute approximate surface area is 207 Å². The molecule has 4 rings (SSSR count). The molecule has 0 aliphatic carbocycles. The van der Waals surface area contributed by atoms with Gasteiger partial charge in [0.05, 0.1) is 5.76 Å². The van der Waals surface area contributed by atoms with Crippen molar-refractivity contribution in [1.82, 2.24) is 4.98 Å². The Morgan fingerprint density at radius 3 is 2.34 bits per heavy atom. The number of carbonyl (C=O) groups is 1. The van der Waals surface area contributed by atoms with E-state index in [9.17, 15) is 4.79 Å². The van der Waals surface area contributed by atoms with Crippen molar-refractivity contribution in [2.75, 3.05) is 0 Å². The van der Waals surface area contributed by atoms with Crippen LogP contribution in [-0.4, -0.2) is 15.9 Å². The van der Waals surface area contributed by atoms with Gasteiger partial charge in [0.2, 0.25) is 0 Å². The van der Waals surface area contributed by atoms with E-state index in [-0.39, 0.29) is 31.6 Å². The van der Waals surface area contributed by atoms with Crippen LogP contribution in [0.1, 0.15) is 39.2 Å². The fraction of sp³-hybridized carbons (Fsp3) is 0.185. The summed E-state index contributed by atoms with van der Waals surface area (Å²) < 4.78 is 1.26. The molecule has 0 atom stereocenters. The van der Waals surface area contributed by atoms with Gasteiger partial charge in [0.25, 0.3) is 0 Å². The summed E-state index contributed by atoms with van der Waals surface area (Å²) >= 11 is 1.82. The van der Waals surface area contributed by atoms with Crippen molar-refractivity contribution in [2.24, 2.45) is 0 Å². The molecule has 0 unspecified atom stereocenters. The Bertz CT molecular complexity index is 1190. The summed E-state index contributed by atoms with van der Waals surface area (Å²) in [5.74, 6) is 0.503. The Balaban J connectivity index is 0.000000398. The number of allylic oxidation sites excluding steroid dienone is 2. The minimum absolute atomic E-state index is 0. The predicted octanol–water partition coefficient (Wildman–Crippen LogP) is 7.59. The van der Waals surface area contributed by atoms with Gasteiger partial charge >= 0.3 is 0 Å². The molecule has 1 N–H and O–H groups in total. The summed E-state index contributed by atoms with van der Waals surface area (Å²) in [7, 11) is 0. The molecule has 3 nitrogen and oxygen atoms in total. The zero-order chi connectivity index (χ0) is 22.4. The van der Waals surface area contributed by atoms with Crippen LogP contribution in [0.5, 0.6) is 0 Å². The fourth-order valence-electron chi connectivity index (χ4n) is 3.10. The first-order valence-electron chi connectivity index (χ1n) is 10.2. The van der Waals surface area contributed by atoms with Crippen LogP contribution in [0.3, 0.4) is 0 Å². The minimum atomic E-state index is -0.125. The van der Waals surface area contributed by atoms with Gasteiger partial charge in [-0.15, -0.1) is 47.2 Å². The molecule has 5 heteroatoms. The molecular formula is C27H26IrNO2S-. The quantitative estimate of drug-likeness (QED) is 0.145. The molecule has 32 heavy (non-hydrogen) atoms. The molecule has 0 saturated heterocycles. The number of carbonyl (C=O) groups excluding carboxylic acids is 1. The Hall–Kier alpha value is -2.59. The zero-order valence-electron chi connectivity index (χ0n) is 18.5. The largest absolute Gasteiger partial charge is 0.512 e. The molecule has 4 aromatic rings. The Morgan fingerprint density at radius 1 is 1.09 bits per heavy atom. The number of rotatable bonds is 4. The Morgan fingerprint density at radius 2 is 1.81 bits per heavy atom. The van der Waals surface area contributed by atoms with E-state index in [4.69, 9.17) is 5.11 Å². The summed E-state index contributed by atoms with van der Waals surface area (Å²) in [5, 5.41) is 9.56. The molecular weight excluding hydrogens is 595 g/mol. The van der Waals surface area contributed by atoms with E-state index < -0.39 is 0 Å². The van der Waals surface area contributed by atoms with Crippen molar-refractivity contribution < 1.29 is 30.0 Å². The number of ketones is 1. The van der Waals surface area contributed by atoms with Gasteiger partial charge in [0.1, 0.15) is 0 Å². The summed E-state index contributed by atoms with van der Waals surface area (Å²) in [4.78, 5) is 15.9. The number of benzene rings is 2. The second kappa shape index (κ2) is 11.9. The van der Waals surface area contributed by atoms with Gasteiger partial charge in [-0.25, -0.2) is 0 Å². The average Bonchev–Trinajstić information content (AvgIpc) is 3.17. The van der Waals surface area contributed by atoms with Crippen LogP contribution in [0.25, 0.3) is 31.8 Å². The topological polar surface area (TPSA) is 50.2 Å². The molecule has 0 saturated carbocycles. The summed E-state index contributed by atoms with van der Waals surface area (Å²) in [5.41, 5.74) is 4.67. The summed E-state index contributed by atoms with van der Waals surface area (Å²) in [6, 6.07) is 24.5. The van der Waals surface area contributed by atoms with Crippen LogP contribution >= 0.6 is 11.3 Å². The van der Waals surface area contributed by atoms with Gasteiger partial charge in [-0.1, -0.05) is 44.2 Å². The maximum atomic E-state index is 10.0. The van der Waals surface area contributed by atoms with E-state index >= 15 is 0 Å². The number of aliphatic hydroxyl groups excluding tert-OH is 1. The van der Waals surface area contributed by atoms with Crippen LogP contribution in [0, 0.1) is 6.07 Å². The van der Waals surface area contributed by atoms with Crippen molar-refractivity contribution >= 4 is 27.2 Å². The molecule has 1 radical (unpaired) electrons. The van der Waals surface area contributed by atoms with Crippen LogP contribution in [0.4, 0.5) is 0 Å². The number of hydrogen-bond donors (Lipinski definition) is 1. The molecule has 0 bridgehead atoms. The molecule has 0 amide bonds. The summed E-state index contributed by atoms with van der Waals surface area (Å²) in [6.45, 7) is 7.30. The fourth-order valence-corrected chi connectivity index (χ4v) is 4.18. The van der Waals surface area contributed by atoms with Crippen molar-refractivity contribution in [1.29, 1.82) is 0 Å². The molecule has 2 heterocycles. The van der Waals surface area contributed by atoms with Crippen LogP contribution in [0.2, 0.25) is 0 Å². The van der Waals surface area contributed by atoms with Crippen LogP contribution < -0.4 is 0 Å². The third-order valence-corrected chi connectivity index (χ3v) is 5.81. The van der Waals surface area contributed by atoms with E-state index in [0.717, 1.165) is 11.3 Å². The van der Waals surface area contributed by atoms with E-state index in [1.165, 1.54) is 46.0 Å². The molecule has 0 spiro atoms. The molecule has 2 aromatic heterocycles. The molecule has 0 aliphatic rings. The van der Waals surface area contributed by atoms with Gasteiger partial charge in [0.15, 0.2) is 5.78 Å². The van der Waals surface area contributed by atoms with Gasteiger partial charge in [0, 0.05) is 47.3 Å². The van der Waals surface area contributed by atoms with Crippen molar-refractivity contribution in [3.63, 3.8) is 0 Å². The molecule has 2 aromatic carbocycles. The van der Waals surface area contributed by atoms with Gasteiger partial charge in [-0.3, -0.25) is 4.79 Å². The smallest absolute Gasteiger partial charge is 0.155 e. The van der Waals surface area contributed by atoms with Gasteiger partial charge in [-0.2, -0.15) is 0 Å². The van der Waals surface area contributed by atoms with Crippen molar-refractivity contribution in [3.05, 3.63) is 90.3 Å². The second-order valence-corrected chi connectivity index (χ2v) is 8.75. The third-order valence-electron chi connectivity index (χ3n) is 4.66. The number of nitrogens with zero attached hydrogens (tertiary/aromatic N) is 1. The number of pyridine rings is 1. The van der Waals surface area contributed by atoms with Crippen LogP contribution in [-0.2, 0) is 24.9 Å². The minimum Gasteiger partial charge on any atom is -0.512 e. The maximum Gasteiger partial charge on any atom is 0.155 e. The van der Waals surface area contributed by atoms with Crippen molar-refractivity contribution in [2.45, 2.75) is 33.6 Å². The number of hydrogen-bond acceptors (Lipinski definition) is 4. The number of aliphatic hydroxyl groups is 1.